The van der Waals surface area contributed by atoms with Gasteiger partial charge < -0.3 is 24.4 Å². The van der Waals surface area contributed by atoms with E-state index in [0.29, 0.717) is 48.9 Å². The number of hydrogen-bond acceptors (Lipinski definition) is 6. The Morgan fingerprint density at radius 2 is 1.66 bits per heavy atom. The molecule has 1 amide bonds. The van der Waals surface area contributed by atoms with Crippen molar-refractivity contribution in [1.82, 2.24) is 9.80 Å². The minimum Gasteiger partial charge on any atom is -0.507 e. The van der Waals surface area contributed by atoms with Crippen molar-refractivity contribution in [1.29, 1.82) is 0 Å². The number of Topliss-reactive ketones (excluding diaryl/α,β-unsaturated/α-hetero) is 1. The maximum atomic E-state index is 13.4. The van der Waals surface area contributed by atoms with Crippen LogP contribution in [0.3, 0.4) is 0 Å². The molecule has 1 unspecified atom stereocenters. The van der Waals surface area contributed by atoms with Crippen LogP contribution in [0.25, 0.3) is 5.76 Å². The number of ether oxygens (including phenoxy) is 2. The molecule has 1 saturated heterocycles. The molecule has 1 heterocycles. The second-order valence-corrected chi connectivity index (χ2v) is 9.58. The SMILES string of the molecule is CCCCCOc1ccc(C2C(=C(O)c3ccc(C)cc3)C(=O)C(=O)N2CCN(CC)CC)cc1OCC. The van der Waals surface area contributed by atoms with Crippen molar-refractivity contribution in [3.63, 3.8) is 0 Å². The number of likely N-dealkylation sites (N-methyl/N-ethyl adjacent to an activating group) is 1. The molecule has 38 heavy (non-hydrogen) atoms. The fourth-order valence-electron chi connectivity index (χ4n) is 4.73. The minimum absolute atomic E-state index is 0.0949. The summed E-state index contributed by atoms with van der Waals surface area (Å²) in [6.45, 7) is 13.8. The Balaban J connectivity index is 2.08. The molecule has 1 N–H and O–H groups in total. The molecule has 1 aliphatic heterocycles. The first-order valence-electron chi connectivity index (χ1n) is 13.8. The van der Waals surface area contributed by atoms with Crippen LogP contribution in [-0.4, -0.2) is 66.0 Å². The molecule has 1 aliphatic rings. The quantitative estimate of drug-likeness (QED) is 0.148. The molecule has 0 radical (unpaired) electrons. The van der Waals surface area contributed by atoms with Crippen LogP contribution in [0.5, 0.6) is 11.5 Å². The van der Waals surface area contributed by atoms with Gasteiger partial charge in [-0.2, -0.15) is 0 Å². The van der Waals surface area contributed by atoms with Gasteiger partial charge in [-0.25, -0.2) is 0 Å². The average Bonchev–Trinajstić information content (AvgIpc) is 3.17. The summed E-state index contributed by atoms with van der Waals surface area (Å²) in [4.78, 5) is 30.5. The van der Waals surface area contributed by atoms with Gasteiger partial charge in [0.05, 0.1) is 24.8 Å². The fourth-order valence-corrected chi connectivity index (χ4v) is 4.73. The molecule has 0 aliphatic carbocycles. The highest BCUT2D eigenvalue weighted by atomic mass is 16.5. The Labute approximate surface area is 227 Å². The van der Waals surface area contributed by atoms with Gasteiger partial charge >= 0.3 is 0 Å². The van der Waals surface area contributed by atoms with Gasteiger partial charge in [0, 0.05) is 18.7 Å². The Hall–Kier alpha value is -3.32. The predicted octanol–water partition coefficient (Wildman–Crippen LogP) is 5.73. The lowest BCUT2D eigenvalue weighted by atomic mass is 9.94. The van der Waals surface area contributed by atoms with Crippen molar-refractivity contribution < 1.29 is 24.2 Å². The van der Waals surface area contributed by atoms with E-state index in [2.05, 4.69) is 25.7 Å². The van der Waals surface area contributed by atoms with Crippen molar-refractivity contribution in [2.75, 3.05) is 39.4 Å². The van der Waals surface area contributed by atoms with Crippen LogP contribution in [-0.2, 0) is 9.59 Å². The Bertz CT molecular complexity index is 1120. The summed E-state index contributed by atoms with van der Waals surface area (Å²) in [6.07, 6.45) is 3.14. The van der Waals surface area contributed by atoms with Crippen molar-refractivity contribution in [3.05, 3.63) is 64.7 Å². The highest BCUT2D eigenvalue weighted by Crippen LogP contribution is 2.42. The molecule has 7 heteroatoms. The molecule has 0 aromatic heterocycles. The number of unbranched alkanes of at least 4 members (excludes halogenated alkanes) is 2. The van der Waals surface area contributed by atoms with Crippen LogP contribution in [0.4, 0.5) is 0 Å². The van der Waals surface area contributed by atoms with Gasteiger partial charge in [0.1, 0.15) is 5.76 Å². The molecule has 1 atom stereocenters. The largest absolute Gasteiger partial charge is 0.507 e. The highest BCUT2D eigenvalue weighted by molar-refractivity contribution is 6.46. The number of carbonyl (C=O) groups is 2. The summed E-state index contributed by atoms with van der Waals surface area (Å²) in [5, 5.41) is 11.3. The van der Waals surface area contributed by atoms with Crippen LogP contribution >= 0.6 is 0 Å². The summed E-state index contributed by atoms with van der Waals surface area (Å²) < 4.78 is 11.9. The van der Waals surface area contributed by atoms with Crippen LogP contribution < -0.4 is 9.47 Å². The van der Waals surface area contributed by atoms with Gasteiger partial charge in [0.15, 0.2) is 11.5 Å². The highest BCUT2D eigenvalue weighted by Gasteiger charge is 2.46. The number of nitrogens with zero attached hydrogens (tertiary/aromatic N) is 2. The molecule has 2 aromatic rings. The summed E-state index contributed by atoms with van der Waals surface area (Å²) in [6, 6.07) is 12.1. The lowest BCUT2D eigenvalue weighted by Crippen LogP contribution is -2.38. The first kappa shape index (κ1) is 29.2. The summed E-state index contributed by atoms with van der Waals surface area (Å²) in [5.74, 6) is -0.257. The topological polar surface area (TPSA) is 79.3 Å². The van der Waals surface area contributed by atoms with Crippen molar-refractivity contribution in [3.8, 4) is 11.5 Å². The van der Waals surface area contributed by atoms with Gasteiger partial charge in [-0.05, 0) is 51.1 Å². The zero-order valence-electron chi connectivity index (χ0n) is 23.5. The third-order valence-corrected chi connectivity index (χ3v) is 7.01. The molecule has 2 aromatic carbocycles. The number of benzene rings is 2. The number of likely N-dealkylation sites (tertiary alicyclic amines) is 1. The maximum Gasteiger partial charge on any atom is 0.295 e. The van der Waals surface area contributed by atoms with E-state index in [1.165, 1.54) is 0 Å². The number of hydrogen-bond donors (Lipinski definition) is 1. The van der Waals surface area contributed by atoms with Crippen LogP contribution in [0.1, 0.15) is 69.7 Å². The molecule has 0 bridgehead atoms. The normalized spacial score (nSPS) is 16.9. The maximum absolute atomic E-state index is 13.4. The van der Waals surface area contributed by atoms with E-state index in [-0.39, 0.29) is 11.3 Å². The zero-order chi connectivity index (χ0) is 27.7. The van der Waals surface area contributed by atoms with Crippen LogP contribution in [0, 0.1) is 6.92 Å². The predicted molar refractivity (Wildman–Crippen MR) is 151 cm³/mol. The summed E-state index contributed by atoms with van der Waals surface area (Å²) >= 11 is 0. The third-order valence-electron chi connectivity index (χ3n) is 7.01. The van der Waals surface area contributed by atoms with E-state index in [1.54, 1.807) is 17.0 Å². The van der Waals surface area contributed by atoms with E-state index in [4.69, 9.17) is 9.47 Å². The van der Waals surface area contributed by atoms with Crippen LogP contribution in [0.2, 0.25) is 0 Å². The number of amides is 1. The number of rotatable bonds is 14. The Morgan fingerprint density at radius 1 is 0.947 bits per heavy atom. The smallest absolute Gasteiger partial charge is 0.295 e. The monoisotopic (exact) mass is 522 g/mol. The lowest BCUT2D eigenvalue weighted by molar-refractivity contribution is -0.140. The van der Waals surface area contributed by atoms with Crippen molar-refractivity contribution >= 4 is 17.4 Å². The van der Waals surface area contributed by atoms with Gasteiger partial charge in [-0.1, -0.05) is 69.5 Å². The second kappa shape index (κ2) is 14.0. The zero-order valence-corrected chi connectivity index (χ0v) is 23.5. The standard InChI is InChI=1S/C31H42N2O5/c1-6-10-11-20-38-25-17-16-24(21-26(25)37-9-4)28-27(29(34)23-14-12-22(5)13-15-23)30(35)31(36)33(28)19-18-32(7-2)8-3/h12-17,21,28,34H,6-11,18-20H2,1-5H3. The van der Waals surface area contributed by atoms with Crippen LogP contribution in [0.15, 0.2) is 48.0 Å². The number of aryl methyl sites for hydroxylation is 1. The summed E-state index contributed by atoms with van der Waals surface area (Å²) in [7, 11) is 0. The van der Waals surface area contributed by atoms with Gasteiger partial charge in [-0.15, -0.1) is 0 Å². The number of carbonyl (C=O) groups excluding carboxylic acids is 2. The van der Waals surface area contributed by atoms with E-state index in [1.807, 2.05) is 44.2 Å². The third kappa shape index (κ3) is 6.76. The van der Waals surface area contributed by atoms with E-state index < -0.39 is 17.7 Å². The van der Waals surface area contributed by atoms with Gasteiger partial charge in [0.25, 0.3) is 11.7 Å². The van der Waals surface area contributed by atoms with E-state index in [0.717, 1.165) is 37.9 Å². The molecule has 206 valence electrons. The first-order chi connectivity index (χ1) is 18.4. The molecular formula is C31H42N2O5. The molecule has 0 saturated carbocycles. The second-order valence-electron chi connectivity index (χ2n) is 9.58. The fraction of sp³-hybridized carbons (Fsp3) is 0.484. The summed E-state index contributed by atoms with van der Waals surface area (Å²) in [5.41, 5.74) is 2.33. The lowest BCUT2D eigenvalue weighted by Gasteiger charge is -2.28. The molecule has 7 nitrogen and oxygen atoms in total. The minimum atomic E-state index is -0.736. The number of ketones is 1. The average molecular weight is 523 g/mol. The number of aliphatic hydroxyl groups is 1. The molecule has 0 spiro atoms. The Morgan fingerprint density at radius 3 is 2.29 bits per heavy atom. The molecule has 1 fully saturated rings. The van der Waals surface area contributed by atoms with Crippen molar-refractivity contribution in [2.45, 2.75) is 59.9 Å². The van der Waals surface area contributed by atoms with E-state index in [9.17, 15) is 14.7 Å². The first-order valence-corrected chi connectivity index (χ1v) is 13.8. The molecule has 3 rings (SSSR count). The molecular weight excluding hydrogens is 480 g/mol. The van der Waals surface area contributed by atoms with Gasteiger partial charge in [-0.3, -0.25) is 9.59 Å². The Kier molecular flexibility index (Phi) is 10.8. The van der Waals surface area contributed by atoms with Crippen molar-refractivity contribution in [2.24, 2.45) is 0 Å². The number of aliphatic hydroxyl groups excluding tert-OH is 1. The van der Waals surface area contributed by atoms with E-state index >= 15 is 0 Å². The van der Waals surface area contributed by atoms with Gasteiger partial charge in [0.2, 0.25) is 0 Å².